The summed E-state index contributed by atoms with van der Waals surface area (Å²) in [7, 11) is 0. The highest BCUT2D eigenvalue weighted by atomic mass is 16.2. The molecule has 0 aliphatic rings. The van der Waals surface area contributed by atoms with E-state index in [1.165, 1.54) is 6.92 Å². The van der Waals surface area contributed by atoms with E-state index < -0.39 is 0 Å². The van der Waals surface area contributed by atoms with E-state index in [2.05, 4.69) is 15.6 Å². The zero-order valence-corrected chi connectivity index (χ0v) is 16.0. The Hall–Kier alpha value is -3.41. The zero-order valence-electron chi connectivity index (χ0n) is 16.0. The van der Waals surface area contributed by atoms with Crippen LogP contribution in [0.2, 0.25) is 0 Å². The molecule has 2 N–H and O–H groups in total. The van der Waals surface area contributed by atoms with Gasteiger partial charge in [-0.1, -0.05) is 42.5 Å². The van der Waals surface area contributed by atoms with Gasteiger partial charge in [0.25, 0.3) is 0 Å². The van der Waals surface area contributed by atoms with Crippen molar-refractivity contribution < 1.29 is 9.59 Å². The standard InChI is InChI=1S/C22H24N4O2/c1-16(18-8-10-20(11-9-18)26-13-12-23-15-26)24-22(28)14-21(25-17(2)27)19-6-4-3-5-7-19/h3-13,15-16,21H,14H2,1-2H3,(H,24,28)(H,25,27)/t16-,21+/m0/s1. The van der Waals surface area contributed by atoms with Crippen molar-refractivity contribution in [3.63, 3.8) is 0 Å². The van der Waals surface area contributed by atoms with E-state index in [9.17, 15) is 9.59 Å². The molecule has 6 heteroatoms. The van der Waals surface area contributed by atoms with Crippen molar-refractivity contribution in [3.8, 4) is 5.69 Å². The van der Waals surface area contributed by atoms with Crippen molar-refractivity contribution in [2.24, 2.45) is 0 Å². The second-order valence-corrected chi connectivity index (χ2v) is 6.72. The molecule has 1 aromatic heterocycles. The first-order chi connectivity index (χ1) is 13.5. The van der Waals surface area contributed by atoms with Crippen LogP contribution in [-0.2, 0) is 9.59 Å². The average molecular weight is 376 g/mol. The van der Waals surface area contributed by atoms with E-state index in [1.54, 1.807) is 12.5 Å². The molecule has 28 heavy (non-hydrogen) atoms. The molecule has 144 valence electrons. The molecule has 0 saturated carbocycles. The number of nitrogens with zero attached hydrogens (tertiary/aromatic N) is 2. The Labute approximate surface area is 164 Å². The summed E-state index contributed by atoms with van der Waals surface area (Å²) in [4.78, 5) is 28.1. The Morgan fingerprint density at radius 1 is 1.00 bits per heavy atom. The summed E-state index contributed by atoms with van der Waals surface area (Å²) < 4.78 is 1.92. The highest BCUT2D eigenvalue weighted by molar-refractivity contribution is 5.79. The Kier molecular flexibility index (Phi) is 6.22. The number of carbonyl (C=O) groups is 2. The molecular weight excluding hydrogens is 352 g/mol. The number of rotatable bonds is 7. The van der Waals surface area contributed by atoms with Crippen molar-refractivity contribution >= 4 is 11.8 Å². The summed E-state index contributed by atoms with van der Waals surface area (Å²) in [6.45, 7) is 3.40. The predicted molar refractivity (Wildman–Crippen MR) is 108 cm³/mol. The lowest BCUT2D eigenvalue weighted by Crippen LogP contribution is -2.33. The summed E-state index contributed by atoms with van der Waals surface area (Å²) >= 11 is 0. The van der Waals surface area contributed by atoms with E-state index in [4.69, 9.17) is 0 Å². The molecule has 3 aromatic rings. The third-order valence-corrected chi connectivity index (χ3v) is 4.54. The van der Waals surface area contributed by atoms with Gasteiger partial charge in [0.05, 0.1) is 24.8 Å². The molecule has 0 bridgehead atoms. The van der Waals surface area contributed by atoms with Crippen LogP contribution in [0, 0.1) is 0 Å². The summed E-state index contributed by atoms with van der Waals surface area (Å²) in [5.74, 6) is -0.279. The van der Waals surface area contributed by atoms with Gasteiger partial charge in [-0.05, 0) is 30.2 Å². The van der Waals surface area contributed by atoms with Crippen molar-refractivity contribution in [1.82, 2.24) is 20.2 Å². The molecule has 2 aromatic carbocycles. The zero-order chi connectivity index (χ0) is 19.9. The minimum atomic E-state index is -0.352. The number of imidazole rings is 1. The normalized spacial score (nSPS) is 12.8. The molecule has 1 heterocycles. The number of hydrogen-bond acceptors (Lipinski definition) is 3. The van der Waals surface area contributed by atoms with Crippen LogP contribution in [0.3, 0.4) is 0 Å². The Bertz CT molecular complexity index is 905. The van der Waals surface area contributed by atoms with E-state index in [0.717, 1.165) is 16.8 Å². The summed E-state index contributed by atoms with van der Waals surface area (Å²) in [5, 5.41) is 5.87. The second-order valence-electron chi connectivity index (χ2n) is 6.72. The van der Waals surface area contributed by atoms with Crippen molar-refractivity contribution in [3.05, 3.63) is 84.4 Å². The first-order valence-electron chi connectivity index (χ1n) is 9.22. The van der Waals surface area contributed by atoms with Crippen LogP contribution < -0.4 is 10.6 Å². The van der Waals surface area contributed by atoms with E-state index in [0.29, 0.717) is 0 Å². The van der Waals surface area contributed by atoms with Crippen LogP contribution in [0.4, 0.5) is 0 Å². The van der Waals surface area contributed by atoms with E-state index >= 15 is 0 Å². The lowest BCUT2D eigenvalue weighted by Gasteiger charge is -2.20. The second kappa shape index (κ2) is 8.99. The van der Waals surface area contributed by atoms with Gasteiger partial charge < -0.3 is 15.2 Å². The minimum Gasteiger partial charge on any atom is -0.350 e. The molecule has 3 rings (SSSR count). The van der Waals surface area contributed by atoms with Crippen molar-refractivity contribution in [2.45, 2.75) is 32.4 Å². The first kappa shape index (κ1) is 19.4. The Balaban J connectivity index is 1.63. The number of aromatic nitrogens is 2. The van der Waals surface area contributed by atoms with Gasteiger partial charge in [-0.25, -0.2) is 4.98 Å². The molecule has 0 saturated heterocycles. The predicted octanol–water partition coefficient (Wildman–Crippen LogP) is 3.32. The molecule has 0 aliphatic heterocycles. The lowest BCUT2D eigenvalue weighted by molar-refractivity contribution is -0.123. The molecule has 0 fully saturated rings. The third kappa shape index (κ3) is 5.07. The molecular formula is C22H24N4O2. The van der Waals surface area contributed by atoms with Crippen LogP contribution in [0.5, 0.6) is 0 Å². The van der Waals surface area contributed by atoms with Gasteiger partial charge in [0.15, 0.2) is 0 Å². The monoisotopic (exact) mass is 376 g/mol. The van der Waals surface area contributed by atoms with Crippen molar-refractivity contribution in [2.75, 3.05) is 0 Å². The number of benzene rings is 2. The summed E-state index contributed by atoms with van der Waals surface area (Å²) in [5.41, 5.74) is 2.92. The van der Waals surface area contributed by atoms with Crippen molar-refractivity contribution in [1.29, 1.82) is 0 Å². The first-order valence-corrected chi connectivity index (χ1v) is 9.22. The maximum absolute atomic E-state index is 12.6. The van der Waals surface area contributed by atoms with Gasteiger partial charge in [0.2, 0.25) is 11.8 Å². The van der Waals surface area contributed by atoms with E-state index in [1.807, 2.05) is 72.3 Å². The fourth-order valence-corrected chi connectivity index (χ4v) is 3.10. The fraction of sp³-hybridized carbons (Fsp3) is 0.227. The average Bonchev–Trinajstić information content (AvgIpc) is 3.22. The lowest BCUT2D eigenvalue weighted by atomic mass is 10.0. The molecule has 0 spiro atoms. The van der Waals surface area contributed by atoms with Gasteiger partial charge in [0, 0.05) is 25.0 Å². The molecule has 2 atom stereocenters. The van der Waals surface area contributed by atoms with Gasteiger partial charge in [-0.3, -0.25) is 9.59 Å². The number of carbonyl (C=O) groups excluding carboxylic acids is 2. The highest BCUT2D eigenvalue weighted by Gasteiger charge is 2.18. The number of amides is 2. The van der Waals surface area contributed by atoms with E-state index in [-0.39, 0.29) is 30.3 Å². The van der Waals surface area contributed by atoms with Crippen LogP contribution in [0.15, 0.2) is 73.3 Å². The largest absolute Gasteiger partial charge is 0.350 e. The van der Waals surface area contributed by atoms with Crippen LogP contribution in [-0.4, -0.2) is 21.4 Å². The van der Waals surface area contributed by atoms with Gasteiger partial charge in [-0.2, -0.15) is 0 Å². The summed E-state index contributed by atoms with van der Waals surface area (Å²) in [6.07, 6.45) is 5.54. The number of hydrogen-bond donors (Lipinski definition) is 2. The minimum absolute atomic E-state index is 0.117. The van der Waals surface area contributed by atoms with Gasteiger partial charge in [-0.15, -0.1) is 0 Å². The molecule has 6 nitrogen and oxygen atoms in total. The fourth-order valence-electron chi connectivity index (χ4n) is 3.10. The number of nitrogens with one attached hydrogen (secondary N) is 2. The van der Waals surface area contributed by atoms with Crippen LogP contribution >= 0.6 is 0 Å². The van der Waals surface area contributed by atoms with Gasteiger partial charge in [0.1, 0.15) is 0 Å². The topological polar surface area (TPSA) is 76.0 Å². The maximum Gasteiger partial charge on any atom is 0.222 e. The van der Waals surface area contributed by atoms with Crippen LogP contribution in [0.25, 0.3) is 5.69 Å². The smallest absolute Gasteiger partial charge is 0.222 e. The third-order valence-electron chi connectivity index (χ3n) is 4.54. The maximum atomic E-state index is 12.6. The Morgan fingerprint density at radius 2 is 1.71 bits per heavy atom. The quantitative estimate of drug-likeness (QED) is 0.664. The van der Waals surface area contributed by atoms with Gasteiger partial charge >= 0.3 is 0 Å². The molecule has 2 amide bonds. The van der Waals surface area contributed by atoms with Crippen LogP contribution in [0.1, 0.15) is 43.5 Å². The molecule has 0 aliphatic carbocycles. The molecule has 0 radical (unpaired) electrons. The molecule has 0 unspecified atom stereocenters. The highest BCUT2D eigenvalue weighted by Crippen LogP contribution is 2.19. The SMILES string of the molecule is CC(=O)N[C@H](CC(=O)N[C@@H](C)c1ccc(-n2ccnc2)cc1)c1ccccc1. The summed E-state index contributed by atoms with van der Waals surface area (Å²) in [6, 6.07) is 17.0. The Morgan fingerprint density at radius 3 is 2.32 bits per heavy atom.